The molecule has 1 fully saturated rings. The Morgan fingerprint density at radius 2 is 2.00 bits per heavy atom. The Hall–Kier alpha value is -0.530. The summed E-state index contributed by atoms with van der Waals surface area (Å²) >= 11 is 0. The number of nitrogens with zero attached hydrogens (tertiary/aromatic N) is 3. The number of hydrogen-bond donors (Lipinski definition) is 1. The number of aliphatic imine (C=N–C) groups is 1. The first-order valence-corrected chi connectivity index (χ1v) is 8.43. The van der Waals surface area contributed by atoms with E-state index in [1.54, 1.807) is 0 Å². The van der Waals surface area contributed by atoms with E-state index in [0.29, 0.717) is 13.0 Å². The first-order valence-electron chi connectivity index (χ1n) is 8.43. The van der Waals surface area contributed by atoms with Crippen molar-refractivity contribution in [1.82, 2.24) is 15.1 Å². The van der Waals surface area contributed by atoms with E-state index in [4.69, 9.17) is 0 Å². The quantitative estimate of drug-likeness (QED) is 0.405. The van der Waals surface area contributed by atoms with Crippen molar-refractivity contribution < 1.29 is 4.79 Å². The molecule has 1 aliphatic heterocycles. The van der Waals surface area contributed by atoms with E-state index in [0.717, 1.165) is 44.6 Å². The van der Waals surface area contributed by atoms with Crippen molar-refractivity contribution in [3.05, 3.63) is 0 Å². The lowest BCUT2D eigenvalue weighted by atomic mass is 10.0. The first-order chi connectivity index (χ1) is 10.1. The normalized spacial score (nSPS) is 18.6. The highest BCUT2D eigenvalue weighted by Crippen LogP contribution is 2.15. The number of guanidine groups is 1. The Labute approximate surface area is 152 Å². The molecule has 0 aromatic heterocycles. The van der Waals surface area contributed by atoms with Crippen molar-refractivity contribution in [2.24, 2.45) is 10.9 Å². The van der Waals surface area contributed by atoms with Crippen LogP contribution in [0.25, 0.3) is 0 Å². The molecule has 1 amide bonds. The van der Waals surface area contributed by atoms with Gasteiger partial charge in [0, 0.05) is 39.1 Å². The Kier molecular flexibility index (Phi) is 11.7. The van der Waals surface area contributed by atoms with Gasteiger partial charge in [-0.3, -0.25) is 9.79 Å². The van der Waals surface area contributed by atoms with Gasteiger partial charge in [0.25, 0.3) is 0 Å². The van der Waals surface area contributed by atoms with Gasteiger partial charge in [-0.15, -0.1) is 24.0 Å². The van der Waals surface area contributed by atoms with Crippen LogP contribution in [0.2, 0.25) is 0 Å². The summed E-state index contributed by atoms with van der Waals surface area (Å²) in [5.41, 5.74) is 0. The molecule has 1 N–H and O–H groups in total. The van der Waals surface area contributed by atoms with Gasteiger partial charge in [0.2, 0.25) is 5.91 Å². The SMILES string of the molecule is CCNC(=NCCC(=O)N(CC)CC)N1CCCC(C)C1.I. The first kappa shape index (κ1) is 21.5. The number of halogens is 1. The van der Waals surface area contributed by atoms with E-state index in [9.17, 15) is 4.79 Å². The summed E-state index contributed by atoms with van der Waals surface area (Å²) in [7, 11) is 0. The fourth-order valence-electron chi connectivity index (χ4n) is 2.80. The molecule has 130 valence electrons. The van der Waals surface area contributed by atoms with Gasteiger partial charge >= 0.3 is 0 Å². The van der Waals surface area contributed by atoms with Gasteiger partial charge in [-0.05, 0) is 39.5 Å². The molecular formula is C16H33IN4O. The fraction of sp³-hybridized carbons (Fsp3) is 0.875. The molecule has 1 unspecified atom stereocenters. The third kappa shape index (κ3) is 7.15. The lowest BCUT2D eigenvalue weighted by Crippen LogP contribution is -2.46. The average Bonchev–Trinajstić information content (AvgIpc) is 2.47. The van der Waals surface area contributed by atoms with Gasteiger partial charge in [0.05, 0.1) is 6.54 Å². The summed E-state index contributed by atoms with van der Waals surface area (Å²) in [4.78, 5) is 20.8. The van der Waals surface area contributed by atoms with Crippen LogP contribution in [0.15, 0.2) is 4.99 Å². The minimum atomic E-state index is 0. The zero-order valence-electron chi connectivity index (χ0n) is 14.6. The van der Waals surface area contributed by atoms with Crippen LogP contribution in [-0.4, -0.2) is 60.9 Å². The highest BCUT2D eigenvalue weighted by atomic mass is 127. The van der Waals surface area contributed by atoms with E-state index < -0.39 is 0 Å². The Bertz CT molecular complexity index is 345. The number of nitrogens with one attached hydrogen (secondary N) is 1. The van der Waals surface area contributed by atoms with Crippen LogP contribution in [0, 0.1) is 5.92 Å². The zero-order chi connectivity index (χ0) is 15.7. The van der Waals surface area contributed by atoms with Gasteiger partial charge < -0.3 is 15.1 Å². The number of carbonyl (C=O) groups is 1. The zero-order valence-corrected chi connectivity index (χ0v) is 16.9. The van der Waals surface area contributed by atoms with Crippen molar-refractivity contribution >= 4 is 35.8 Å². The smallest absolute Gasteiger partial charge is 0.224 e. The number of piperidine rings is 1. The highest BCUT2D eigenvalue weighted by Gasteiger charge is 2.19. The lowest BCUT2D eigenvalue weighted by Gasteiger charge is -2.33. The second-order valence-electron chi connectivity index (χ2n) is 5.75. The minimum absolute atomic E-state index is 0. The molecule has 0 saturated carbocycles. The molecule has 0 bridgehead atoms. The van der Waals surface area contributed by atoms with Crippen molar-refractivity contribution in [3.8, 4) is 0 Å². The predicted molar refractivity (Wildman–Crippen MR) is 104 cm³/mol. The molecular weight excluding hydrogens is 391 g/mol. The average molecular weight is 424 g/mol. The van der Waals surface area contributed by atoms with Crippen molar-refractivity contribution in [2.75, 3.05) is 39.3 Å². The highest BCUT2D eigenvalue weighted by molar-refractivity contribution is 14.0. The maximum atomic E-state index is 12.0. The van der Waals surface area contributed by atoms with Crippen LogP contribution >= 0.6 is 24.0 Å². The van der Waals surface area contributed by atoms with E-state index in [-0.39, 0.29) is 29.9 Å². The summed E-state index contributed by atoms with van der Waals surface area (Å²) in [6.45, 7) is 13.6. The standard InChI is InChI=1S/C16H32N4O.HI/c1-5-17-16(20-12-8-9-14(4)13-20)18-11-10-15(21)19(6-2)7-3;/h14H,5-13H2,1-4H3,(H,17,18);1H. The number of carbonyl (C=O) groups excluding carboxylic acids is 1. The molecule has 0 radical (unpaired) electrons. The van der Waals surface area contributed by atoms with Crippen molar-refractivity contribution in [1.29, 1.82) is 0 Å². The second-order valence-corrected chi connectivity index (χ2v) is 5.75. The van der Waals surface area contributed by atoms with Gasteiger partial charge in [-0.1, -0.05) is 6.92 Å². The topological polar surface area (TPSA) is 47.9 Å². The van der Waals surface area contributed by atoms with E-state index >= 15 is 0 Å². The van der Waals surface area contributed by atoms with Crippen molar-refractivity contribution in [2.45, 2.75) is 47.0 Å². The molecule has 1 rings (SSSR count). The lowest BCUT2D eigenvalue weighted by molar-refractivity contribution is -0.130. The molecule has 1 aliphatic rings. The van der Waals surface area contributed by atoms with Crippen LogP contribution in [0.5, 0.6) is 0 Å². The van der Waals surface area contributed by atoms with Crippen LogP contribution in [0.3, 0.4) is 0 Å². The van der Waals surface area contributed by atoms with Crippen LogP contribution in [0.4, 0.5) is 0 Å². The summed E-state index contributed by atoms with van der Waals surface area (Å²) < 4.78 is 0. The molecule has 0 aliphatic carbocycles. The maximum Gasteiger partial charge on any atom is 0.224 e. The van der Waals surface area contributed by atoms with E-state index in [1.807, 2.05) is 18.7 Å². The number of amides is 1. The summed E-state index contributed by atoms with van der Waals surface area (Å²) in [6.07, 6.45) is 3.03. The Balaban J connectivity index is 0.00000441. The van der Waals surface area contributed by atoms with E-state index in [2.05, 4.69) is 29.1 Å². The number of likely N-dealkylation sites (tertiary alicyclic amines) is 1. The number of hydrogen-bond acceptors (Lipinski definition) is 2. The molecule has 1 heterocycles. The van der Waals surface area contributed by atoms with Gasteiger partial charge in [-0.2, -0.15) is 0 Å². The summed E-state index contributed by atoms with van der Waals surface area (Å²) in [5, 5.41) is 3.35. The number of rotatable bonds is 6. The van der Waals surface area contributed by atoms with E-state index in [1.165, 1.54) is 12.8 Å². The molecule has 22 heavy (non-hydrogen) atoms. The Morgan fingerprint density at radius 3 is 2.55 bits per heavy atom. The third-order valence-corrected chi connectivity index (χ3v) is 3.99. The summed E-state index contributed by atoms with van der Waals surface area (Å²) in [5.74, 6) is 1.89. The predicted octanol–water partition coefficient (Wildman–Crippen LogP) is 2.56. The molecule has 0 aromatic rings. The third-order valence-electron chi connectivity index (χ3n) is 3.99. The molecule has 0 spiro atoms. The van der Waals surface area contributed by atoms with Crippen LogP contribution in [-0.2, 0) is 4.79 Å². The van der Waals surface area contributed by atoms with Gasteiger partial charge in [0.15, 0.2) is 5.96 Å². The molecule has 1 saturated heterocycles. The van der Waals surface area contributed by atoms with Gasteiger partial charge in [0.1, 0.15) is 0 Å². The van der Waals surface area contributed by atoms with Crippen molar-refractivity contribution in [3.63, 3.8) is 0 Å². The molecule has 1 atom stereocenters. The largest absolute Gasteiger partial charge is 0.357 e. The minimum Gasteiger partial charge on any atom is -0.357 e. The van der Waals surface area contributed by atoms with Gasteiger partial charge in [-0.25, -0.2) is 0 Å². The molecule has 5 nitrogen and oxygen atoms in total. The monoisotopic (exact) mass is 424 g/mol. The van der Waals surface area contributed by atoms with Crippen LogP contribution < -0.4 is 5.32 Å². The molecule has 6 heteroatoms. The second kappa shape index (κ2) is 12.0. The maximum absolute atomic E-state index is 12.0. The summed E-state index contributed by atoms with van der Waals surface area (Å²) in [6, 6.07) is 0. The Morgan fingerprint density at radius 1 is 1.32 bits per heavy atom. The van der Waals surface area contributed by atoms with Crippen LogP contribution in [0.1, 0.15) is 47.0 Å². The molecule has 0 aromatic carbocycles. The fourth-order valence-corrected chi connectivity index (χ4v) is 2.80.